The van der Waals surface area contributed by atoms with Gasteiger partial charge in [-0.3, -0.25) is 15.1 Å². The Hall–Kier alpha value is -1.44. The van der Waals surface area contributed by atoms with Gasteiger partial charge in [0.2, 0.25) is 0 Å². The second kappa shape index (κ2) is 4.34. The summed E-state index contributed by atoms with van der Waals surface area (Å²) in [5.41, 5.74) is -2.44. The number of aromatic amines is 1. The molecule has 6 nitrogen and oxygen atoms in total. The molecule has 7 heteroatoms. The highest BCUT2D eigenvalue weighted by Crippen LogP contribution is 2.41. The van der Waals surface area contributed by atoms with Gasteiger partial charge in [0.05, 0.1) is 18.7 Å². The Balaban J connectivity index is 2.42. The van der Waals surface area contributed by atoms with E-state index < -0.39 is 41.9 Å². The molecule has 0 saturated carbocycles. The van der Waals surface area contributed by atoms with Gasteiger partial charge in [-0.2, -0.15) is 0 Å². The Labute approximate surface area is 102 Å². The van der Waals surface area contributed by atoms with Gasteiger partial charge < -0.3 is 15.3 Å². The highest BCUT2D eigenvalue weighted by atomic mass is 19.1. The topological polar surface area (TPSA) is 106 Å². The number of aliphatic hydroxyl groups is 2. The van der Waals surface area contributed by atoms with Gasteiger partial charge in [0.15, 0.2) is 11.5 Å². The number of halogens is 1. The van der Waals surface area contributed by atoms with E-state index in [1.807, 2.05) is 0 Å². The molecule has 1 aromatic rings. The molecular formula is C11H15FN2O4. The number of alkyl halides is 1. The van der Waals surface area contributed by atoms with Gasteiger partial charge in [0.1, 0.15) is 6.10 Å². The number of nitrogens with one attached hydrogen (secondary N) is 2. The molecule has 0 amide bonds. The standard InChI is InChI=1S/C11H15FN2O4/c1-11(12)8(13-6(4-15)9(11)17)5-2-3-7(16)14-10(5)18/h2-3,6,8-9,13,15,17H,4H2,1H3,(H2,14,16,18)/t6-,8+,9-,11+/m1/s1. The second-order valence-electron chi connectivity index (χ2n) is 4.61. The molecule has 1 aliphatic heterocycles. The molecule has 100 valence electrons. The Morgan fingerprint density at radius 2 is 2.17 bits per heavy atom. The molecule has 0 aliphatic carbocycles. The van der Waals surface area contributed by atoms with Gasteiger partial charge >= 0.3 is 0 Å². The van der Waals surface area contributed by atoms with Crippen LogP contribution in [-0.2, 0) is 0 Å². The molecule has 0 spiro atoms. The number of hydrogen-bond acceptors (Lipinski definition) is 5. The van der Waals surface area contributed by atoms with Crippen molar-refractivity contribution in [2.24, 2.45) is 0 Å². The molecule has 2 heterocycles. The summed E-state index contributed by atoms with van der Waals surface area (Å²) in [6.07, 6.45) is -1.40. The van der Waals surface area contributed by atoms with E-state index in [0.717, 1.165) is 6.07 Å². The maximum atomic E-state index is 14.4. The number of hydrogen-bond donors (Lipinski definition) is 5. The predicted octanol–water partition coefficient (Wildman–Crippen LogP) is -0.825. The van der Waals surface area contributed by atoms with E-state index in [9.17, 15) is 19.4 Å². The molecule has 1 aliphatic rings. The minimum absolute atomic E-state index is 0.134. The number of aliphatic hydroxyl groups excluding tert-OH is 2. The quantitative estimate of drug-likeness (QED) is 0.476. The fraction of sp³-hybridized carbons (Fsp3) is 0.545. The van der Waals surface area contributed by atoms with Crippen LogP contribution in [0.4, 0.5) is 4.39 Å². The van der Waals surface area contributed by atoms with Crippen molar-refractivity contribution in [3.8, 4) is 5.88 Å². The van der Waals surface area contributed by atoms with Crippen LogP contribution in [0.25, 0.3) is 0 Å². The average Bonchev–Trinajstić information content (AvgIpc) is 2.52. The third-order valence-electron chi connectivity index (χ3n) is 3.34. The third kappa shape index (κ3) is 1.90. The number of aromatic nitrogens is 1. The number of aromatic hydroxyl groups is 1. The number of pyridine rings is 1. The molecule has 1 aromatic heterocycles. The molecule has 5 N–H and O–H groups in total. The van der Waals surface area contributed by atoms with Crippen LogP contribution >= 0.6 is 0 Å². The smallest absolute Gasteiger partial charge is 0.250 e. The van der Waals surface area contributed by atoms with Crippen LogP contribution in [0.15, 0.2) is 16.9 Å². The van der Waals surface area contributed by atoms with E-state index in [4.69, 9.17) is 5.11 Å². The zero-order valence-corrected chi connectivity index (χ0v) is 9.72. The van der Waals surface area contributed by atoms with E-state index in [2.05, 4.69) is 10.3 Å². The largest absolute Gasteiger partial charge is 0.494 e. The fourth-order valence-corrected chi connectivity index (χ4v) is 2.29. The molecule has 2 rings (SSSR count). The number of rotatable bonds is 2. The molecular weight excluding hydrogens is 243 g/mol. The van der Waals surface area contributed by atoms with Gasteiger partial charge in [0, 0.05) is 11.6 Å². The van der Waals surface area contributed by atoms with Crippen molar-refractivity contribution in [2.45, 2.75) is 30.8 Å². The maximum absolute atomic E-state index is 14.4. The first-order chi connectivity index (χ1) is 8.37. The Bertz CT molecular complexity index is 502. The van der Waals surface area contributed by atoms with Crippen LogP contribution in [0.1, 0.15) is 18.5 Å². The lowest BCUT2D eigenvalue weighted by Gasteiger charge is -2.25. The molecule has 1 saturated heterocycles. The molecule has 0 aromatic carbocycles. The molecule has 0 unspecified atom stereocenters. The van der Waals surface area contributed by atoms with Crippen molar-refractivity contribution < 1.29 is 19.7 Å². The lowest BCUT2D eigenvalue weighted by Crippen LogP contribution is -2.39. The van der Waals surface area contributed by atoms with Crippen LogP contribution in [-0.4, -0.2) is 44.7 Å². The second-order valence-corrected chi connectivity index (χ2v) is 4.61. The Morgan fingerprint density at radius 3 is 2.67 bits per heavy atom. The summed E-state index contributed by atoms with van der Waals surface area (Å²) in [5.74, 6) is -0.449. The lowest BCUT2D eigenvalue weighted by molar-refractivity contribution is 0.00468. The minimum atomic E-state index is -2.07. The molecule has 4 atom stereocenters. The van der Waals surface area contributed by atoms with Crippen molar-refractivity contribution in [3.63, 3.8) is 0 Å². The van der Waals surface area contributed by atoms with Gasteiger partial charge in [-0.25, -0.2) is 4.39 Å². The monoisotopic (exact) mass is 258 g/mol. The highest BCUT2D eigenvalue weighted by molar-refractivity contribution is 5.33. The summed E-state index contributed by atoms with van der Waals surface area (Å²) >= 11 is 0. The van der Waals surface area contributed by atoms with Gasteiger partial charge in [-0.15, -0.1) is 0 Å². The van der Waals surface area contributed by atoms with Gasteiger partial charge in [-0.1, -0.05) is 0 Å². The zero-order valence-electron chi connectivity index (χ0n) is 9.72. The first kappa shape index (κ1) is 13.0. The van der Waals surface area contributed by atoms with Crippen LogP contribution in [0, 0.1) is 0 Å². The first-order valence-electron chi connectivity index (χ1n) is 5.54. The summed E-state index contributed by atoms with van der Waals surface area (Å²) in [6.45, 7) is 0.747. The predicted molar refractivity (Wildman–Crippen MR) is 61.0 cm³/mol. The third-order valence-corrected chi connectivity index (χ3v) is 3.34. The molecule has 1 fully saturated rings. The summed E-state index contributed by atoms with van der Waals surface area (Å²) in [5, 5.41) is 31.1. The fourth-order valence-electron chi connectivity index (χ4n) is 2.29. The van der Waals surface area contributed by atoms with E-state index in [1.54, 1.807) is 0 Å². The average molecular weight is 258 g/mol. The Kier molecular flexibility index (Phi) is 3.14. The van der Waals surface area contributed by atoms with Crippen molar-refractivity contribution >= 4 is 0 Å². The summed E-state index contributed by atoms with van der Waals surface area (Å²) in [7, 11) is 0. The molecule has 0 bridgehead atoms. The van der Waals surface area contributed by atoms with Crippen molar-refractivity contribution in [1.82, 2.24) is 10.3 Å². The summed E-state index contributed by atoms with van der Waals surface area (Å²) in [6, 6.07) is 0.611. The van der Waals surface area contributed by atoms with Gasteiger partial charge in [0.25, 0.3) is 5.56 Å². The highest BCUT2D eigenvalue weighted by Gasteiger charge is 2.53. The van der Waals surface area contributed by atoms with Crippen LogP contribution in [0.3, 0.4) is 0 Å². The minimum Gasteiger partial charge on any atom is -0.494 e. The lowest BCUT2D eigenvalue weighted by atomic mass is 9.90. The first-order valence-corrected chi connectivity index (χ1v) is 5.54. The van der Waals surface area contributed by atoms with Crippen molar-refractivity contribution in [1.29, 1.82) is 0 Å². The van der Waals surface area contributed by atoms with Crippen LogP contribution in [0.2, 0.25) is 0 Å². The van der Waals surface area contributed by atoms with E-state index in [0.29, 0.717) is 0 Å². The normalized spacial score (nSPS) is 35.9. The maximum Gasteiger partial charge on any atom is 0.250 e. The summed E-state index contributed by atoms with van der Waals surface area (Å²) in [4.78, 5) is 13.1. The van der Waals surface area contributed by atoms with Crippen molar-refractivity contribution in [3.05, 3.63) is 28.0 Å². The van der Waals surface area contributed by atoms with Crippen LogP contribution < -0.4 is 10.9 Å². The van der Waals surface area contributed by atoms with E-state index in [-0.39, 0.29) is 5.56 Å². The van der Waals surface area contributed by atoms with E-state index >= 15 is 0 Å². The number of H-pyrrole nitrogens is 1. The van der Waals surface area contributed by atoms with Crippen LogP contribution in [0.5, 0.6) is 5.88 Å². The SMILES string of the molecule is C[C@@]1(F)[C@H](O)[C@@H](CO)N[C@H]1c1ccc(=O)[nH]c1O. The van der Waals surface area contributed by atoms with E-state index in [1.165, 1.54) is 13.0 Å². The zero-order chi connectivity index (χ0) is 13.5. The molecule has 0 radical (unpaired) electrons. The van der Waals surface area contributed by atoms with Gasteiger partial charge in [-0.05, 0) is 13.0 Å². The van der Waals surface area contributed by atoms with Crippen molar-refractivity contribution in [2.75, 3.05) is 6.61 Å². The summed E-state index contributed by atoms with van der Waals surface area (Å²) < 4.78 is 14.4. The molecule has 18 heavy (non-hydrogen) atoms. The Morgan fingerprint density at radius 1 is 1.50 bits per heavy atom.